The molecule has 0 bridgehead atoms. The van der Waals surface area contributed by atoms with Gasteiger partial charge in [-0.1, -0.05) is 214 Å². The summed E-state index contributed by atoms with van der Waals surface area (Å²) in [6, 6.07) is 0.299. The smallest absolute Gasteiger partial charge is 0.305 e. The molecule has 0 spiro atoms. The Hall–Kier alpha value is -1.18. The van der Waals surface area contributed by atoms with Crippen LogP contribution in [-0.4, -0.2) is 79.5 Å². The van der Waals surface area contributed by atoms with Crippen molar-refractivity contribution in [3.8, 4) is 0 Å². The Bertz CT molecular complexity index is 935. The fraction of sp³-hybridized carbons (Fsp3) is 0.966. The highest BCUT2D eigenvalue weighted by Gasteiger charge is 2.24. The van der Waals surface area contributed by atoms with Crippen LogP contribution in [-0.2, 0) is 19.1 Å². The molecule has 0 aliphatic heterocycles. The lowest BCUT2D eigenvalue weighted by Gasteiger charge is -2.36. The van der Waals surface area contributed by atoms with Gasteiger partial charge >= 0.3 is 11.9 Å². The van der Waals surface area contributed by atoms with Crippen LogP contribution < -0.4 is 0 Å². The van der Waals surface area contributed by atoms with Crippen molar-refractivity contribution in [1.29, 1.82) is 0 Å². The van der Waals surface area contributed by atoms with E-state index in [4.69, 9.17) is 9.47 Å². The van der Waals surface area contributed by atoms with Crippen molar-refractivity contribution in [2.24, 2.45) is 11.8 Å². The minimum Gasteiger partial charge on any atom is -0.465 e. The van der Waals surface area contributed by atoms with Crippen LogP contribution in [0.1, 0.15) is 298 Å². The van der Waals surface area contributed by atoms with Gasteiger partial charge in [-0.05, 0) is 103 Å². The first kappa shape index (κ1) is 63.8. The van der Waals surface area contributed by atoms with Crippen LogP contribution in [0.15, 0.2) is 0 Å². The maximum absolute atomic E-state index is 13.0. The van der Waals surface area contributed by atoms with Crippen LogP contribution in [0.2, 0.25) is 0 Å². The van der Waals surface area contributed by atoms with Gasteiger partial charge in [0, 0.05) is 25.4 Å². The molecule has 7 heteroatoms. The van der Waals surface area contributed by atoms with E-state index in [0.717, 1.165) is 83.7 Å². The molecule has 0 saturated heterocycles. The van der Waals surface area contributed by atoms with E-state index in [-0.39, 0.29) is 11.9 Å². The first-order chi connectivity index (χ1) is 31.7. The number of hydrogen-bond donors (Lipinski definition) is 1. The maximum atomic E-state index is 13.0. The van der Waals surface area contributed by atoms with Crippen molar-refractivity contribution in [1.82, 2.24) is 9.80 Å². The Kier molecular flexibility index (Phi) is 48.4. The predicted molar refractivity (Wildman–Crippen MR) is 282 cm³/mol. The molecule has 65 heavy (non-hydrogen) atoms. The SMILES string of the molecule is CCCCCCCCC(CCCCCC)COC(=O)CCCCCC(CCCCCC(=O)OCC(CCCCCC)CCCCCCCC)N(CCCN(C)C)C(O)CCCCCCC. The summed E-state index contributed by atoms with van der Waals surface area (Å²) in [4.78, 5) is 30.6. The van der Waals surface area contributed by atoms with Crippen molar-refractivity contribution in [3.05, 3.63) is 0 Å². The van der Waals surface area contributed by atoms with Gasteiger partial charge in [0.25, 0.3) is 0 Å². The van der Waals surface area contributed by atoms with Crippen molar-refractivity contribution in [2.45, 2.75) is 310 Å². The minimum absolute atomic E-state index is 0.0225. The molecule has 0 aromatic carbocycles. The van der Waals surface area contributed by atoms with Crippen molar-refractivity contribution < 1.29 is 24.2 Å². The number of aliphatic hydroxyl groups excluding tert-OH is 1. The lowest BCUT2D eigenvalue weighted by Crippen LogP contribution is -2.44. The molecule has 3 unspecified atom stereocenters. The van der Waals surface area contributed by atoms with Crippen molar-refractivity contribution in [3.63, 3.8) is 0 Å². The lowest BCUT2D eigenvalue weighted by molar-refractivity contribution is -0.146. The Morgan fingerprint density at radius 2 is 0.692 bits per heavy atom. The summed E-state index contributed by atoms with van der Waals surface area (Å²) in [6.07, 6.45) is 47.0. The molecule has 1 N–H and O–H groups in total. The second kappa shape index (κ2) is 49.2. The molecule has 0 aliphatic rings. The summed E-state index contributed by atoms with van der Waals surface area (Å²) >= 11 is 0. The van der Waals surface area contributed by atoms with Gasteiger partial charge in [-0.15, -0.1) is 0 Å². The number of nitrogens with zero attached hydrogens (tertiary/aromatic N) is 2. The molecule has 0 heterocycles. The molecular formula is C58H116N2O5. The van der Waals surface area contributed by atoms with E-state index < -0.39 is 6.23 Å². The quantitative estimate of drug-likeness (QED) is 0.0370. The Balaban J connectivity index is 5.29. The Morgan fingerprint density at radius 1 is 0.385 bits per heavy atom. The molecule has 0 aromatic rings. The summed E-state index contributed by atoms with van der Waals surface area (Å²) < 4.78 is 11.9. The highest BCUT2D eigenvalue weighted by molar-refractivity contribution is 5.69. The van der Waals surface area contributed by atoms with Gasteiger partial charge < -0.3 is 19.5 Å². The molecule has 0 aliphatic carbocycles. The van der Waals surface area contributed by atoms with E-state index in [1.165, 1.54) is 180 Å². The molecule has 0 aromatic heterocycles. The zero-order chi connectivity index (χ0) is 47.9. The third-order valence-corrected chi connectivity index (χ3v) is 14.1. The number of rotatable bonds is 52. The summed E-state index contributed by atoms with van der Waals surface area (Å²) in [6.45, 7) is 14.4. The van der Waals surface area contributed by atoms with Gasteiger partial charge in [-0.25, -0.2) is 0 Å². The number of carbonyl (C=O) groups excluding carboxylic acids is 2. The molecule has 0 fully saturated rings. The number of carbonyl (C=O) groups is 2. The normalized spacial score (nSPS) is 13.7. The monoisotopic (exact) mass is 921 g/mol. The van der Waals surface area contributed by atoms with E-state index in [0.29, 0.717) is 43.9 Å². The number of ether oxygens (including phenoxy) is 2. The van der Waals surface area contributed by atoms with Crippen LogP contribution in [0, 0.1) is 11.8 Å². The maximum Gasteiger partial charge on any atom is 0.305 e. The second-order valence-corrected chi connectivity index (χ2v) is 20.8. The molecule has 7 nitrogen and oxygen atoms in total. The van der Waals surface area contributed by atoms with Gasteiger partial charge in [-0.2, -0.15) is 0 Å². The first-order valence-electron chi connectivity index (χ1n) is 29.1. The molecule has 0 rings (SSSR count). The largest absolute Gasteiger partial charge is 0.465 e. The number of hydrogen-bond acceptors (Lipinski definition) is 7. The average molecular weight is 922 g/mol. The molecule has 0 amide bonds. The van der Waals surface area contributed by atoms with Crippen molar-refractivity contribution in [2.75, 3.05) is 40.4 Å². The molecular weight excluding hydrogens is 805 g/mol. The van der Waals surface area contributed by atoms with E-state index in [1.54, 1.807) is 0 Å². The number of esters is 2. The standard InChI is InChI=1S/C58H116N2O5/c1-8-13-18-23-26-32-42-53(40-30-21-16-11-4)51-64-57(62)47-37-28-34-44-55(60(50-39-49-59(6)7)56(61)46-36-25-20-15-10-3)45-35-29-38-48-58(63)65-52-54(41-31-22-17-12-5)43-33-27-24-19-14-9-2/h53-56,61H,8-52H2,1-7H3. The van der Waals surface area contributed by atoms with Crippen LogP contribution in [0.3, 0.4) is 0 Å². The topological polar surface area (TPSA) is 79.3 Å². The van der Waals surface area contributed by atoms with Crippen LogP contribution in [0.25, 0.3) is 0 Å². The molecule has 0 radical (unpaired) electrons. The lowest BCUT2D eigenvalue weighted by atomic mass is 9.95. The van der Waals surface area contributed by atoms with Crippen LogP contribution in [0.5, 0.6) is 0 Å². The highest BCUT2D eigenvalue weighted by atomic mass is 16.5. The zero-order valence-corrected chi connectivity index (χ0v) is 45.1. The molecule has 3 atom stereocenters. The first-order valence-corrected chi connectivity index (χ1v) is 29.1. The van der Waals surface area contributed by atoms with Gasteiger partial charge in [0.05, 0.1) is 13.2 Å². The average Bonchev–Trinajstić information content (AvgIpc) is 3.29. The Labute approximate surface area is 406 Å². The summed E-state index contributed by atoms with van der Waals surface area (Å²) in [5.74, 6) is 0.959. The molecule has 388 valence electrons. The summed E-state index contributed by atoms with van der Waals surface area (Å²) in [7, 11) is 4.27. The third kappa shape index (κ3) is 42.6. The van der Waals surface area contributed by atoms with Gasteiger partial charge in [-0.3, -0.25) is 14.5 Å². The second-order valence-electron chi connectivity index (χ2n) is 20.8. The fourth-order valence-corrected chi connectivity index (χ4v) is 9.70. The van der Waals surface area contributed by atoms with E-state index >= 15 is 0 Å². The fourth-order valence-electron chi connectivity index (χ4n) is 9.70. The Morgan fingerprint density at radius 3 is 1.06 bits per heavy atom. The minimum atomic E-state index is -0.425. The molecule has 0 saturated carbocycles. The predicted octanol–water partition coefficient (Wildman–Crippen LogP) is 16.9. The van der Waals surface area contributed by atoms with Crippen molar-refractivity contribution >= 4 is 11.9 Å². The third-order valence-electron chi connectivity index (χ3n) is 14.1. The zero-order valence-electron chi connectivity index (χ0n) is 45.1. The van der Waals surface area contributed by atoms with Crippen LogP contribution in [0.4, 0.5) is 0 Å². The number of aliphatic hydroxyl groups is 1. The van der Waals surface area contributed by atoms with E-state index in [1.807, 2.05) is 0 Å². The van der Waals surface area contributed by atoms with E-state index in [2.05, 4.69) is 58.5 Å². The van der Waals surface area contributed by atoms with Gasteiger partial charge in [0.1, 0.15) is 6.23 Å². The van der Waals surface area contributed by atoms with Gasteiger partial charge in [0.15, 0.2) is 0 Å². The highest BCUT2D eigenvalue weighted by Crippen LogP contribution is 2.25. The van der Waals surface area contributed by atoms with Gasteiger partial charge in [0.2, 0.25) is 0 Å². The van der Waals surface area contributed by atoms with E-state index in [9.17, 15) is 14.7 Å². The summed E-state index contributed by atoms with van der Waals surface area (Å²) in [5.41, 5.74) is 0. The van der Waals surface area contributed by atoms with Crippen LogP contribution >= 0.6 is 0 Å². The summed E-state index contributed by atoms with van der Waals surface area (Å²) in [5, 5.41) is 11.7. The number of unbranched alkanes of at least 4 members (excludes halogenated alkanes) is 24.